The molecule has 2 saturated heterocycles. The van der Waals surface area contributed by atoms with Gasteiger partial charge in [0, 0.05) is 24.8 Å². The van der Waals surface area contributed by atoms with E-state index in [1.807, 2.05) is 31.2 Å². The lowest BCUT2D eigenvalue weighted by Crippen LogP contribution is -2.41. The minimum atomic E-state index is -0.162. The number of nitrogens with zero attached hydrogens (tertiary/aromatic N) is 3. The molecule has 1 aromatic rings. The van der Waals surface area contributed by atoms with Gasteiger partial charge in [-0.1, -0.05) is 43.7 Å². The molecule has 0 unspecified atom stereocenters. The van der Waals surface area contributed by atoms with Gasteiger partial charge >= 0.3 is 0 Å². The van der Waals surface area contributed by atoms with E-state index in [1.165, 1.54) is 4.90 Å². The smallest absolute Gasteiger partial charge is 0.233 e. The Morgan fingerprint density at radius 2 is 1.87 bits per heavy atom. The Balaban J connectivity index is 1.46. The predicted octanol–water partition coefficient (Wildman–Crippen LogP) is 3.90. The number of thioether (sulfide) groups is 1. The second-order valence-electron chi connectivity index (χ2n) is 8.45. The quantitative estimate of drug-likeness (QED) is 0.668. The van der Waals surface area contributed by atoms with Gasteiger partial charge in [-0.25, -0.2) is 4.99 Å². The zero-order chi connectivity index (χ0) is 21.3. The molecule has 4 rings (SSSR count). The SMILES string of the molecule is CC[C@H]1CSC(=Nc2cccc(C)c2)N1C(=O)CCN1C(=O)[C@H]2CCCC[C@H]2C1=O. The lowest BCUT2D eigenvalue weighted by Gasteiger charge is -2.24. The van der Waals surface area contributed by atoms with Crippen molar-refractivity contribution in [1.29, 1.82) is 0 Å². The maximum atomic E-state index is 13.1. The van der Waals surface area contributed by atoms with Gasteiger partial charge in [-0.05, 0) is 43.9 Å². The summed E-state index contributed by atoms with van der Waals surface area (Å²) in [6.07, 6.45) is 4.61. The van der Waals surface area contributed by atoms with E-state index in [0.29, 0.717) is 5.17 Å². The normalized spacial score (nSPS) is 27.8. The van der Waals surface area contributed by atoms with E-state index >= 15 is 0 Å². The van der Waals surface area contributed by atoms with Crippen LogP contribution in [-0.2, 0) is 14.4 Å². The second kappa shape index (κ2) is 8.92. The number of fused-ring (bicyclic) bond motifs is 1. The van der Waals surface area contributed by atoms with Crippen LogP contribution in [0.4, 0.5) is 5.69 Å². The summed E-state index contributed by atoms with van der Waals surface area (Å²) in [4.78, 5) is 46.4. The zero-order valence-corrected chi connectivity index (χ0v) is 18.5. The average molecular weight is 428 g/mol. The molecule has 3 atom stereocenters. The van der Waals surface area contributed by atoms with E-state index in [1.54, 1.807) is 16.7 Å². The van der Waals surface area contributed by atoms with E-state index in [2.05, 4.69) is 6.92 Å². The summed E-state index contributed by atoms with van der Waals surface area (Å²) in [5.41, 5.74) is 1.96. The molecular weight excluding hydrogens is 398 g/mol. The summed E-state index contributed by atoms with van der Waals surface area (Å²) in [6, 6.07) is 8.01. The number of likely N-dealkylation sites (tertiary alicyclic amines) is 1. The number of carbonyl (C=O) groups excluding carboxylic acids is 3. The van der Waals surface area contributed by atoms with Gasteiger partial charge in [-0.15, -0.1) is 0 Å². The van der Waals surface area contributed by atoms with Gasteiger partial charge in [0.15, 0.2) is 5.17 Å². The molecule has 160 valence electrons. The Kier molecular flexibility index (Phi) is 6.27. The third-order valence-corrected chi connectivity index (χ3v) is 7.52. The van der Waals surface area contributed by atoms with Crippen molar-refractivity contribution in [2.45, 2.75) is 58.4 Å². The van der Waals surface area contributed by atoms with Gasteiger partial charge in [0.25, 0.3) is 0 Å². The molecule has 7 heteroatoms. The second-order valence-corrected chi connectivity index (χ2v) is 9.43. The molecule has 3 fully saturated rings. The first-order valence-corrected chi connectivity index (χ1v) is 11.9. The fourth-order valence-corrected chi connectivity index (χ4v) is 6.04. The lowest BCUT2D eigenvalue weighted by molar-refractivity contribution is -0.140. The van der Waals surface area contributed by atoms with Crippen LogP contribution in [-0.4, -0.2) is 51.0 Å². The van der Waals surface area contributed by atoms with Crippen molar-refractivity contribution in [3.63, 3.8) is 0 Å². The molecule has 30 heavy (non-hydrogen) atoms. The first kappa shape index (κ1) is 21.1. The molecule has 1 aliphatic carbocycles. The monoisotopic (exact) mass is 427 g/mol. The van der Waals surface area contributed by atoms with Gasteiger partial charge in [-0.3, -0.25) is 24.2 Å². The molecular formula is C23H29N3O3S. The largest absolute Gasteiger partial charge is 0.287 e. The van der Waals surface area contributed by atoms with E-state index in [0.717, 1.165) is 49.1 Å². The topological polar surface area (TPSA) is 70.1 Å². The molecule has 1 saturated carbocycles. The van der Waals surface area contributed by atoms with Gasteiger partial charge in [0.1, 0.15) is 0 Å². The summed E-state index contributed by atoms with van der Waals surface area (Å²) in [5.74, 6) is 0.284. The molecule has 0 aromatic heterocycles. The first-order valence-electron chi connectivity index (χ1n) is 10.9. The Morgan fingerprint density at radius 1 is 1.17 bits per heavy atom. The van der Waals surface area contributed by atoms with E-state index in [-0.39, 0.29) is 48.6 Å². The molecule has 6 nitrogen and oxygen atoms in total. The minimum absolute atomic E-state index is 0.0614. The van der Waals surface area contributed by atoms with Crippen molar-refractivity contribution in [1.82, 2.24) is 9.80 Å². The molecule has 1 aromatic carbocycles. The Hall–Kier alpha value is -2.15. The van der Waals surface area contributed by atoms with Crippen LogP contribution < -0.4 is 0 Å². The van der Waals surface area contributed by atoms with Crippen LogP contribution in [0.15, 0.2) is 29.3 Å². The van der Waals surface area contributed by atoms with Crippen molar-refractivity contribution < 1.29 is 14.4 Å². The van der Waals surface area contributed by atoms with Crippen LogP contribution in [0.2, 0.25) is 0 Å². The van der Waals surface area contributed by atoms with Crippen molar-refractivity contribution in [3.8, 4) is 0 Å². The molecule has 3 aliphatic rings. The number of aryl methyl sites for hydroxylation is 1. The van der Waals surface area contributed by atoms with Crippen molar-refractivity contribution >= 4 is 40.3 Å². The van der Waals surface area contributed by atoms with Crippen LogP contribution in [0.1, 0.15) is 51.0 Å². The van der Waals surface area contributed by atoms with Gasteiger partial charge in [0.2, 0.25) is 17.7 Å². The van der Waals surface area contributed by atoms with Gasteiger partial charge in [0.05, 0.1) is 17.5 Å². The number of rotatable bonds is 5. The van der Waals surface area contributed by atoms with E-state index < -0.39 is 0 Å². The standard InChI is InChI=1S/C23H29N3O3S/c1-3-17-14-30-23(24-16-8-6-7-15(2)13-16)26(17)20(27)11-12-25-21(28)18-9-4-5-10-19(18)22(25)29/h6-8,13,17-19H,3-5,9-12,14H2,1-2H3/t17-,18-,19+/m0/s1. The van der Waals surface area contributed by atoms with E-state index in [4.69, 9.17) is 4.99 Å². The number of hydrogen-bond donors (Lipinski definition) is 0. The average Bonchev–Trinajstić information content (AvgIpc) is 3.25. The lowest BCUT2D eigenvalue weighted by atomic mass is 9.81. The van der Waals surface area contributed by atoms with Crippen molar-refractivity contribution in [2.24, 2.45) is 16.8 Å². The third-order valence-electron chi connectivity index (χ3n) is 6.42. The number of imide groups is 1. The maximum Gasteiger partial charge on any atom is 0.233 e. The number of benzene rings is 1. The predicted molar refractivity (Wildman–Crippen MR) is 118 cm³/mol. The number of hydrogen-bond acceptors (Lipinski definition) is 5. The van der Waals surface area contributed by atoms with Gasteiger partial charge < -0.3 is 0 Å². The molecule has 2 heterocycles. The van der Waals surface area contributed by atoms with Crippen LogP contribution in [0, 0.1) is 18.8 Å². The number of amides is 3. The number of carbonyl (C=O) groups is 3. The maximum absolute atomic E-state index is 13.1. The van der Waals surface area contributed by atoms with Crippen LogP contribution in [0.3, 0.4) is 0 Å². The minimum Gasteiger partial charge on any atom is -0.287 e. The summed E-state index contributed by atoms with van der Waals surface area (Å²) in [7, 11) is 0. The summed E-state index contributed by atoms with van der Waals surface area (Å²) in [6.45, 7) is 4.27. The first-order chi connectivity index (χ1) is 14.5. The molecule has 2 aliphatic heterocycles. The van der Waals surface area contributed by atoms with Crippen LogP contribution in [0.5, 0.6) is 0 Å². The molecule has 0 radical (unpaired) electrons. The van der Waals surface area contributed by atoms with Crippen molar-refractivity contribution in [2.75, 3.05) is 12.3 Å². The highest BCUT2D eigenvalue weighted by atomic mass is 32.2. The summed E-state index contributed by atoms with van der Waals surface area (Å²) < 4.78 is 0. The highest BCUT2D eigenvalue weighted by Crippen LogP contribution is 2.38. The van der Waals surface area contributed by atoms with E-state index in [9.17, 15) is 14.4 Å². The van der Waals surface area contributed by atoms with Crippen LogP contribution in [0.25, 0.3) is 0 Å². The number of amidine groups is 1. The Labute approximate surface area is 182 Å². The highest BCUT2D eigenvalue weighted by molar-refractivity contribution is 8.14. The third kappa shape index (κ3) is 4.04. The highest BCUT2D eigenvalue weighted by Gasteiger charge is 2.48. The van der Waals surface area contributed by atoms with Crippen LogP contribution >= 0.6 is 11.8 Å². The molecule has 0 N–H and O–H groups in total. The fourth-order valence-electron chi connectivity index (χ4n) is 4.76. The Morgan fingerprint density at radius 3 is 2.50 bits per heavy atom. The molecule has 0 spiro atoms. The Bertz CT molecular complexity index is 860. The fraction of sp³-hybridized carbons (Fsp3) is 0.565. The van der Waals surface area contributed by atoms with Crippen molar-refractivity contribution in [3.05, 3.63) is 29.8 Å². The zero-order valence-electron chi connectivity index (χ0n) is 17.7. The molecule has 3 amide bonds. The van der Waals surface area contributed by atoms with Gasteiger partial charge in [-0.2, -0.15) is 0 Å². The number of aliphatic imine (C=N–C) groups is 1. The summed E-state index contributed by atoms with van der Waals surface area (Å²) >= 11 is 1.60. The molecule has 0 bridgehead atoms. The summed E-state index contributed by atoms with van der Waals surface area (Å²) in [5, 5.41) is 0.713.